The fourth-order valence-corrected chi connectivity index (χ4v) is 5.70. The Morgan fingerprint density at radius 2 is 1.68 bits per heavy atom. The number of rotatable bonds is 2. The van der Waals surface area contributed by atoms with E-state index < -0.39 is 0 Å². The molecular formula is C26H25ClN4. The Bertz CT molecular complexity index is 1260. The molecule has 0 N–H and O–H groups in total. The van der Waals surface area contributed by atoms with Gasteiger partial charge in [0.25, 0.3) is 0 Å². The molecule has 1 fully saturated rings. The molecule has 0 amide bonds. The summed E-state index contributed by atoms with van der Waals surface area (Å²) in [6.45, 7) is 4.12. The van der Waals surface area contributed by atoms with E-state index in [-0.39, 0.29) is 0 Å². The van der Waals surface area contributed by atoms with Crippen LogP contribution < -0.4 is 4.90 Å². The topological polar surface area (TPSA) is 33.4 Å². The third kappa shape index (κ3) is 3.04. The summed E-state index contributed by atoms with van der Waals surface area (Å²) in [4.78, 5) is 12.0. The molecule has 0 radical (unpaired) electrons. The molecule has 1 spiro atoms. The van der Waals surface area contributed by atoms with E-state index in [0.717, 1.165) is 46.4 Å². The summed E-state index contributed by atoms with van der Waals surface area (Å²) in [7, 11) is 0. The summed E-state index contributed by atoms with van der Waals surface area (Å²) in [5.74, 6) is 1.95. The molecule has 0 unspecified atom stereocenters. The molecule has 31 heavy (non-hydrogen) atoms. The molecule has 1 aliphatic heterocycles. The summed E-state index contributed by atoms with van der Waals surface area (Å²) < 4.78 is 2.15. The van der Waals surface area contributed by atoms with Gasteiger partial charge < -0.3 is 4.90 Å². The second kappa shape index (κ2) is 7.10. The van der Waals surface area contributed by atoms with Gasteiger partial charge in [0, 0.05) is 36.1 Å². The number of nitrogens with zero attached hydrogens (tertiary/aromatic N) is 4. The Kier molecular flexibility index (Phi) is 4.32. The molecule has 2 aliphatic rings. The van der Waals surface area contributed by atoms with Gasteiger partial charge in [-0.3, -0.25) is 4.40 Å². The monoisotopic (exact) mass is 428 g/mol. The quantitative estimate of drug-likeness (QED) is 0.408. The van der Waals surface area contributed by atoms with Gasteiger partial charge in [0.1, 0.15) is 11.3 Å². The normalized spacial score (nSPS) is 17.4. The zero-order valence-corrected chi connectivity index (χ0v) is 18.4. The van der Waals surface area contributed by atoms with Crippen molar-refractivity contribution in [3.05, 3.63) is 82.8 Å². The molecular weight excluding hydrogens is 404 g/mol. The highest BCUT2D eigenvalue weighted by Gasteiger charge is 2.40. The minimum atomic E-state index is 0.425. The van der Waals surface area contributed by atoms with Crippen LogP contribution in [-0.2, 0) is 12.8 Å². The van der Waals surface area contributed by atoms with Crippen molar-refractivity contribution < 1.29 is 0 Å². The largest absolute Gasteiger partial charge is 0.355 e. The lowest BCUT2D eigenvalue weighted by Crippen LogP contribution is -2.41. The van der Waals surface area contributed by atoms with Crippen LogP contribution in [0, 0.1) is 12.3 Å². The zero-order chi connectivity index (χ0) is 21.0. The second-order valence-corrected chi connectivity index (χ2v) is 9.52. The van der Waals surface area contributed by atoms with Crippen molar-refractivity contribution in [2.75, 3.05) is 18.0 Å². The molecule has 0 bridgehead atoms. The van der Waals surface area contributed by atoms with Crippen LogP contribution in [0.3, 0.4) is 0 Å². The van der Waals surface area contributed by atoms with Crippen molar-refractivity contribution in [1.82, 2.24) is 14.4 Å². The number of hydrogen-bond donors (Lipinski definition) is 0. The summed E-state index contributed by atoms with van der Waals surface area (Å²) in [6.07, 6.45) is 10.7. The second-order valence-electron chi connectivity index (χ2n) is 9.11. The number of piperidine rings is 1. The minimum absolute atomic E-state index is 0.425. The molecule has 0 saturated carbocycles. The van der Waals surface area contributed by atoms with Crippen LogP contribution >= 0.6 is 11.6 Å². The fraction of sp³-hybridized carbons (Fsp3) is 0.308. The number of aromatic nitrogens is 3. The number of halogens is 1. The van der Waals surface area contributed by atoms with Crippen LogP contribution in [0.4, 0.5) is 5.82 Å². The molecule has 1 aliphatic carbocycles. The predicted molar refractivity (Wildman–Crippen MR) is 126 cm³/mol. The van der Waals surface area contributed by atoms with E-state index in [0.29, 0.717) is 5.41 Å². The standard InChI is InChI=1S/C26H25ClN4/c1-18-21(7-4-8-22(18)27)24-29-17-23-25(28-11-14-31(23)24)30-12-9-26(10-13-30)15-19-5-2-3-6-20(19)16-26/h2-8,11,14,17H,9-10,12-13,15-16H2,1H3. The lowest BCUT2D eigenvalue weighted by atomic mass is 9.76. The molecule has 0 atom stereocenters. The zero-order valence-electron chi connectivity index (χ0n) is 17.7. The summed E-state index contributed by atoms with van der Waals surface area (Å²) in [5.41, 5.74) is 6.69. The van der Waals surface area contributed by atoms with E-state index in [9.17, 15) is 0 Å². The average molecular weight is 429 g/mol. The van der Waals surface area contributed by atoms with Crippen LogP contribution in [0.5, 0.6) is 0 Å². The van der Waals surface area contributed by atoms with Crippen molar-refractivity contribution in [2.45, 2.75) is 32.6 Å². The fourth-order valence-electron chi connectivity index (χ4n) is 5.53. The van der Waals surface area contributed by atoms with Gasteiger partial charge in [-0.2, -0.15) is 0 Å². The third-order valence-corrected chi connectivity index (χ3v) is 7.73. The first-order valence-corrected chi connectivity index (χ1v) is 11.4. The van der Waals surface area contributed by atoms with Gasteiger partial charge in [0.15, 0.2) is 5.82 Å². The first kappa shape index (κ1) is 18.9. The Labute approximate surface area is 187 Å². The maximum Gasteiger partial charge on any atom is 0.154 e. The minimum Gasteiger partial charge on any atom is -0.355 e. The van der Waals surface area contributed by atoms with Gasteiger partial charge >= 0.3 is 0 Å². The molecule has 2 aromatic carbocycles. The maximum absolute atomic E-state index is 6.37. The molecule has 2 aromatic heterocycles. The molecule has 4 nitrogen and oxygen atoms in total. The summed E-state index contributed by atoms with van der Waals surface area (Å²) >= 11 is 6.37. The SMILES string of the molecule is Cc1c(Cl)cccc1-c1ncc2c(N3CCC4(CC3)Cc3ccccc3C4)nccn12. The smallest absolute Gasteiger partial charge is 0.154 e. The molecule has 3 heterocycles. The van der Waals surface area contributed by atoms with Gasteiger partial charge in [-0.05, 0) is 60.8 Å². The third-order valence-electron chi connectivity index (χ3n) is 7.32. The van der Waals surface area contributed by atoms with Crippen LogP contribution in [0.1, 0.15) is 29.5 Å². The highest BCUT2D eigenvalue weighted by atomic mass is 35.5. The van der Waals surface area contributed by atoms with Crippen molar-refractivity contribution >= 4 is 22.9 Å². The molecule has 4 aromatic rings. The van der Waals surface area contributed by atoms with Crippen LogP contribution in [0.2, 0.25) is 5.02 Å². The Morgan fingerprint density at radius 1 is 0.935 bits per heavy atom. The van der Waals surface area contributed by atoms with E-state index in [1.54, 1.807) is 11.1 Å². The summed E-state index contributed by atoms with van der Waals surface area (Å²) in [5, 5.41) is 0.766. The molecule has 156 valence electrons. The van der Waals surface area contributed by atoms with Crippen LogP contribution in [0.25, 0.3) is 16.9 Å². The van der Waals surface area contributed by atoms with Crippen molar-refractivity contribution in [2.24, 2.45) is 5.41 Å². The number of benzene rings is 2. The Balaban J connectivity index is 1.29. The van der Waals surface area contributed by atoms with Crippen molar-refractivity contribution in [1.29, 1.82) is 0 Å². The summed E-state index contributed by atoms with van der Waals surface area (Å²) in [6, 6.07) is 15.0. The highest BCUT2D eigenvalue weighted by molar-refractivity contribution is 6.31. The van der Waals surface area contributed by atoms with Crippen molar-refractivity contribution in [3.8, 4) is 11.4 Å². The van der Waals surface area contributed by atoms with Crippen molar-refractivity contribution in [3.63, 3.8) is 0 Å². The lowest BCUT2D eigenvalue weighted by Gasteiger charge is -2.40. The van der Waals surface area contributed by atoms with E-state index in [4.69, 9.17) is 21.6 Å². The van der Waals surface area contributed by atoms with Crippen LogP contribution in [-0.4, -0.2) is 27.5 Å². The average Bonchev–Trinajstić information content (AvgIpc) is 3.37. The predicted octanol–water partition coefficient (Wildman–Crippen LogP) is 5.74. The van der Waals surface area contributed by atoms with Gasteiger partial charge in [-0.15, -0.1) is 0 Å². The number of anilines is 1. The van der Waals surface area contributed by atoms with Crippen LogP contribution in [0.15, 0.2) is 61.1 Å². The Hall–Kier alpha value is -2.85. The maximum atomic E-state index is 6.37. The first-order valence-electron chi connectivity index (χ1n) is 11.0. The first-order chi connectivity index (χ1) is 15.1. The van der Waals surface area contributed by atoms with E-state index in [1.165, 1.54) is 25.7 Å². The molecule has 5 heteroatoms. The number of imidazole rings is 1. The molecule has 1 saturated heterocycles. The Morgan fingerprint density at radius 3 is 2.42 bits per heavy atom. The van der Waals surface area contributed by atoms with Gasteiger partial charge in [0.2, 0.25) is 0 Å². The van der Waals surface area contributed by atoms with Gasteiger partial charge in [0.05, 0.1) is 6.20 Å². The van der Waals surface area contributed by atoms with E-state index >= 15 is 0 Å². The number of fused-ring (bicyclic) bond motifs is 2. The van der Waals surface area contributed by atoms with E-state index in [1.807, 2.05) is 37.6 Å². The van der Waals surface area contributed by atoms with Gasteiger partial charge in [-0.1, -0.05) is 48.0 Å². The highest BCUT2D eigenvalue weighted by Crippen LogP contribution is 2.45. The number of hydrogen-bond acceptors (Lipinski definition) is 3. The van der Waals surface area contributed by atoms with Gasteiger partial charge in [-0.25, -0.2) is 9.97 Å². The molecule has 6 rings (SSSR count). The lowest BCUT2D eigenvalue weighted by molar-refractivity contribution is 0.232. The van der Waals surface area contributed by atoms with E-state index in [2.05, 4.69) is 39.6 Å².